The van der Waals surface area contributed by atoms with Crippen LogP contribution in [-0.2, 0) is 10.1 Å². The van der Waals surface area contributed by atoms with Crippen molar-refractivity contribution in [3.63, 3.8) is 0 Å². The molecule has 0 aromatic rings. The van der Waals surface area contributed by atoms with E-state index in [4.69, 9.17) is 4.55 Å². The Kier molecular flexibility index (Phi) is 4.47. The molecule has 1 saturated heterocycles. The molecule has 0 amide bonds. The molecule has 1 rings (SSSR count). The summed E-state index contributed by atoms with van der Waals surface area (Å²) in [5, 5.41) is -0.529. The molecule has 0 atom stereocenters. The van der Waals surface area contributed by atoms with E-state index in [1.54, 1.807) is 0 Å². The van der Waals surface area contributed by atoms with Crippen LogP contribution in [0.5, 0.6) is 0 Å². The van der Waals surface area contributed by atoms with E-state index in [9.17, 15) is 8.42 Å². The molecule has 0 aliphatic carbocycles. The van der Waals surface area contributed by atoms with Crippen molar-refractivity contribution in [1.29, 1.82) is 0 Å². The molecule has 0 radical (unpaired) electrons. The van der Waals surface area contributed by atoms with E-state index in [0.29, 0.717) is 12.8 Å². The molecule has 1 fully saturated rings. The molecule has 0 spiro atoms. The highest BCUT2D eigenvalue weighted by Gasteiger charge is 2.26. The van der Waals surface area contributed by atoms with Gasteiger partial charge in [0.2, 0.25) is 0 Å². The summed E-state index contributed by atoms with van der Waals surface area (Å²) in [6, 6.07) is 0. The van der Waals surface area contributed by atoms with Gasteiger partial charge in [-0.1, -0.05) is 0 Å². The van der Waals surface area contributed by atoms with E-state index < -0.39 is 15.4 Å². The van der Waals surface area contributed by atoms with Crippen molar-refractivity contribution >= 4 is 22.5 Å². The summed E-state index contributed by atoms with van der Waals surface area (Å²) in [7, 11) is -1.83. The maximum Gasteiger partial charge on any atom is 0.267 e. The minimum Gasteiger partial charge on any atom is -0.306 e. The SMILES string of the molecule is CN1CCC(S(=O)(=O)O)CC1.Cl. The van der Waals surface area contributed by atoms with Crippen LogP contribution in [0.4, 0.5) is 0 Å². The topological polar surface area (TPSA) is 57.6 Å². The number of hydrogen-bond acceptors (Lipinski definition) is 3. The fraction of sp³-hybridized carbons (Fsp3) is 1.00. The summed E-state index contributed by atoms with van der Waals surface area (Å²) in [5.74, 6) is 0. The third kappa shape index (κ3) is 3.26. The van der Waals surface area contributed by atoms with Gasteiger partial charge in [0.05, 0.1) is 5.25 Å². The molecule has 1 aliphatic heterocycles. The molecule has 1 heterocycles. The highest BCUT2D eigenvalue weighted by molar-refractivity contribution is 7.86. The highest BCUT2D eigenvalue weighted by atomic mass is 35.5. The molecule has 0 aromatic heterocycles. The predicted molar refractivity (Wildman–Crippen MR) is 49.3 cm³/mol. The zero-order chi connectivity index (χ0) is 8.48. The first-order valence-corrected chi connectivity index (χ1v) is 5.15. The van der Waals surface area contributed by atoms with Crippen molar-refractivity contribution < 1.29 is 13.0 Å². The van der Waals surface area contributed by atoms with Gasteiger partial charge >= 0.3 is 0 Å². The second-order valence-electron chi connectivity index (χ2n) is 3.02. The molecular weight excluding hydrogens is 202 g/mol. The molecule has 12 heavy (non-hydrogen) atoms. The standard InChI is InChI=1S/C6H13NO3S.ClH/c1-7-4-2-6(3-5-7)11(8,9)10;/h6H,2-5H2,1H3,(H,8,9,10);1H. The van der Waals surface area contributed by atoms with Crippen LogP contribution < -0.4 is 0 Å². The van der Waals surface area contributed by atoms with Crippen LogP contribution in [0.1, 0.15) is 12.8 Å². The lowest BCUT2D eigenvalue weighted by molar-refractivity contribution is 0.272. The lowest BCUT2D eigenvalue weighted by Gasteiger charge is -2.26. The van der Waals surface area contributed by atoms with E-state index in [0.717, 1.165) is 13.1 Å². The zero-order valence-corrected chi connectivity index (χ0v) is 8.57. The Morgan fingerprint density at radius 2 is 1.75 bits per heavy atom. The maximum absolute atomic E-state index is 10.6. The van der Waals surface area contributed by atoms with Crippen molar-refractivity contribution in [3.8, 4) is 0 Å². The third-order valence-electron chi connectivity index (χ3n) is 2.09. The predicted octanol–water partition coefficient (Wildman–Crippen LogP) is 0.390. The van der Waals surface area contributed by atoms with Crippen LogP contribution in [0.2, 0.25) is 0 Å². The van der Waals surface area contributed by atoms with Crippen molar-refractivity contribution in [3.05, 3.63) is 0 Å². The van der Waals surface area contributed by atoms with Crippen LogP contribution in [0.25, 0.3) is 0 Å². The number of nitrogens with zero attached hydrogens (tertiary/aromatic N) is 1. The molecule has 0 saturated carbocycles. The normalized spacial score (nSPS) is 21.8. The maximum atomic E-state index is 10.6. The fourth-order valence-electron chi connectivity index (χ4n) is 1.28. The third-order valence-corrected chi connectivity index (χ3v) is 3.40. The first-order chi connectivity index (χ1) is 5.00. The lowest BCUT2D eigenvalue weighted by Crippen LogP contribution is -2.36. The minimum absolute atomic E-state index is 0. The Hall–Kier alpha value is 0.160. The summed E-state index contributed by atoms with van der Waals surface area (Å²) >= 11 is 0. The van der Waals surface area contributed by atoms with E-state index in [1.165, 1.54) is 0 Å². The Labute approximate surface area is 79.1 Å². The Morgan fingerprint density at radius 3 is 2.08 bits per heavy atom. The Balaban J connectivity index is 0.00000121. The first kappa shape index (κ1) is 12.2. The number of likely N-dealkylation sites (tertiary alicyclic amines) is 1. The molecule has 1 aliphatic rings. The molecule has 0 unspecified atom stereocenters. The van der Waals surface area contributed by atoms with Crippen molar-refractivity contribution in [2.75, 3.05) is 20.1 Å². The van der Waals surface area contributed by atoms with Gasteiger partial charge in [0.25, 0.3) is 10.1 Å². The van der Waals surface area contributed by atoms with Crippen molar-refractivity contribution in [1.82, 2.24) is 4.90 Å². The number of halogens is 1. The summed E-state index contributed by atoms with van der Waals surface area (Å²) in [6.45, 7) is 1.51. The van der Waals surface area contributed by atoms with Gasteiger partial charge in [-0.25, -0.2) is 0 Å². The monoisotopic (exact) mass is 215 g/mol. The van der Waals surface area contributed by atoms with Gasteiger partial charge in [-0.15, -0.1) is 12.4 Å². The number of rotatable bonds is 1. The Bertz CT molecular complexity index is 221. The summed E-state index contributed by atoms with van der Waals surface area (Å²) < 4.78 is 29.9. The summed E-state index contributed by atoms with van der Waals surface area (Å²) in [6.07, 6.45) is 1.10. The van der Waals surface area contributed by atoms with E-state index in [1.807, 2.05) is 7.05 Å². The molecule has 74 valence electrons. The fourth-order valence-corrected chi connectivity index (χ4v) is 2.09. The van der Waals surface area contributed by atoms with Crippen LogP contribution in [-0.4, -0.2) is 43.3 Å². The quantitative estimate of drug-likeness (QED) is 0.643. The van der Waals surface area contributed by atoms with Crippen LogP contribution >= 0.6 is 12.4 Å². The smallest absolute Gasteiger partial charge is 0.267 e. The van der Waals surface area contributed by atoms with Gasteiger partial charge in [-0.05, 0) is 33.0 Å². The molecular formula is C6H14ClNO3S. The molecule has 6 heteroatoms. The van der Waals surface area contributed by atoms with Crippen LogP contribution in [0, 0.1) is 0 Å². The second kappa shape index (κ2) is 4.41. The van der Waals surface area contributed by atoms with Crippen molar-refractivity contribution in [2.24, 2.45) is 0 Å². The average Bonchev–Trinajstić information content (AvgIpc) is 1.86. The van der Waals surface area contributed by atoms with Crippen molar-refractivity contribution in [2.45, 2.75) is 18.1 Å². The van der Waals surface area contributed by atoms with E-state index in [2.05, 4.69) is 4.90 Å². The van der Waals surface area contributed by atoms with Gasteiger partial charge < -0.3 is 4.90 Å². The molecule has 1 N–H and O–H groups in total. The lowest BCUT2D eigenvalue weighted by atomic mass is 10.1. The summed E-state index contributed by atoms with van der Waals surface area (Å²) in [5.41, 5.74) is 0. The molecule has 0 aromatic carbocycles. The summed E-state index contributed by atoms with van der Waals surface area (Å²) in [4.78, 5) is 2.06. The first-order valence-electron chi connectivity index (χ1n) is 3.65. The zero-order valence-electron chi connectivity index (χ0n) is 6.93. The molecule has 0 bridgehead atoms. The average molecular weight is 216 g/mol. The van der Waals surface area contributed by atoms with Gasteiger partial charge in [0.1, 0.15) is 0 Å². The highest BCUT2D eigenvalue weighted by Crippen LogP contribution is 2.14. The molecule has 4 nitrogen and oxygen atoms in total. The second-order valence-corrected chi connectivity index (χ2v) is 4.71. The number of piperidine rings is 1. The van der Waals surface area contributed by atoms with E-state index >= 15 is 0 Å². The Morgan fingerprint density at radius 1 is 1.33 bits per heavy atom. The van der Waals surface area contributed by atoms with Gasteiger partial charge in [0.15, 0.2) is 0 Å². The van der Waals surface area contributed by atoms with E-state index in [-0.39, 0.29) is 12.4 Å². The largest absolute Gasteiger partial charge is 0.306 e. The van der Waals surface area contributed by atoms with Crippen LogP contribution in [0.3, 0.4) is 0 Å². The van der Waals surface area contributed by atoms with Gasteiger partial charge in [0, 0.05) is 0 Å². The number of hydrogen-bond donors (Lipinski definition) is 1. The van der Waals surface area contributed by atoms with Gasteiger partial charge in [-0.2, -0.15) is 8.42 Å². The minimum atomic E-state index is -3.78. The van der Waals surface area contributed by atoms with Crippen LogP contribution in [0.15, 0.2) is 0 Å². The van der Waals surface area contributed by atoms with Gasteiger partial charge in [-0.3, -0.25) is 4.55 Å².